The maximum absolute atomic E-state index is 12.2. The minimum atomic E-state index is -0.689. The Morgan fingerprint density at radius 2 is 1.42 bits per heavy atom. The van der Waals surface area contributed by atoms with Crippen molar-refractivity contribution in [2.45, 2.75) is 134 Å². The normalized spacial score (nSPS) is 22.5. The summed E-state index contributed by atoms with van der Waals surface area (Å²) in [7, 11) is 9.27. The van der Waals surface area contributed by atoms with Gasteiger partial charge in [0.15, 0.2) is 0 Å². The first-order valence-electron chi connectivity index (χ1n) is 13.9. The third-order valence-corrected chi connectivity index (χ3v) is 6.76. The third-order valence-electron chi connectivity index (χ3n) is 6.76. The van der Waals surface area contributed by atoms with Crippen LogP contribution < -0.4 is 5.32 Å². The molecule has 0 saturated carbocycles. The zero-order valence-corrected chi connectivity index (χ0v) is 22.9. The van der Waals surface area contributed by atoms with Crippen LogP contribution in [0.3, 0.4) is 0 Å². The molecule has 2 unspecified atom stereocenters. The molecular formula is C27H50BNO7. The fourth-order valence-corrected chi connectivity index (χ4v) is 4.66. The zero-order chi connectivity index (χ0) is 26.6. The Hall–Kier alpha value is -1.16. The van der Waals surface area contributed by atoms with E-state index < -0.39 is 12.0 Å². The number of hydrogen-bond acceptors (Lipinski definition) is 6. The van der Waals surface area contributed by atoms with E-state index in [0.717, 1.165) is 32.1 Å². The molecule has 1 aliphatic heterocycles. The fraction of sp³-hybridized carbons (Fsp3) is 0.926. The van der Waals surface area contributed by atoms with Gasteiger partial charge in [0.05, 0.1) is 6.61 Å². The van der Waals surface area contributed by atoms with Gasteiger partial charge in [-0.15, -0.1) is 0 Å². The molecule has 1 aliphatic rings. The molecule has 8 nitrogen and oxygen atoms in total. The molecule has 5 atom stereocenters. The Morgan fingerprint density at radius 1 is 0.889 bits per heavy atom. The lowest BCUT2D eigenvalue weighted by molar-refractivity contribution is -0.137. The van der Waals surface area contributed by atoms with Gasteiger partial charge in [-0.3, -0.25) is 9.59 Å². The highest BCUT2D eigenvalue weighted by molar-refractivity contribution is 6.11. The first-order chi connectivity index (χ1) is 17.4. The van der Waals surface area contributed by atoms with E-state index in [2.05, 4.69) is 5.32 Å². The summed E-state index contributed by atoms with van der Waals surface area (Å²) in [5, 5.41) is 11.7. The van der Waals surface area contributed by atoms with Crippen molar-refractivity contribution in [3.05, 3.63) is 0 Å². The molecule has 0 aliphatic carbocycles. The van der Waals surface area contributed by atoms with Gasteiger partial charge in [-0.05, 0) is 26.2 Å². The fourth-order valence-electron chi connectivity index (χ4n) is 4.66. The van der Waals surface area contributed by atoms with Crippen molar-refractivity contribution in [2.24, 2.45) is 0 Å². The molecule has 36 heavy (non-hydrogen) atoms. The Kier molecular flexibility index (Phi) is 19.0. The number of carbonyl (C=O) groups excluding carboxylic acids is 1. The molecule has 1 rings (SSSR count). The van der Waals surface area contributed by atoms with Crippen LogP contribution in [0.1, 0.15) is 103 Å². The van der Waals surface area contributed by atoms with Crippen LogP contribution in [0.5, 0.6) is 0 Å². The molecule has 9 heteroatoms. The van der Waals surface area contributed by atoms with Crippen LogP contribution in [-0.2, 0) is 28.5 Å². The van der Waals surface area contributed by atoms with Gasteiger partial charge >= 0.3 is 5.97 Å². The molecule has 0 bridgehead atoms. The van der Waals surface area contributed by atoms with E-state index in [1.165, 1.54) is 44.9 Å². The summed E-state index contributed by atoms with van der Waals surface area (Å²) in [5.74, 6) is -0.590. The highest BCUT2D eigenvalue weighted by Gasteiger charge is 2.43. The number of hydrogen-bond donors (Lipinski definition) is 2. The summed E-state index contributed by atoms with van der Waals surface area (Å²) in [6, 6.07) is -0.522. The Labute approximate surface area is 219 Å². The Bertz CT molecular complexity index is 580. The van der Waals surface area contributed by atoms with E-state index in [9.17, 15) is 9.59 Å². The van der Waals surface area contributed by atoms with Gasteiger partial charge in [0.25, 0.3) is 0 Å². The zero-order valence-electron chi connectivity index (χ0n) is 22.9. The molecule has 0 aromatic heterocycles. The first-order valence-corrected chi connectivity index (χ1v) is 13.9. The van der Waals surface area contributed by atoms with E-state index in [4.69, 9.17) is 31.9 Å². The van der Waals surface area contributed by atoms with Gasteiger partial charge in [-0.1, -0.05) is 64.2 Å². The number of carboxylic acids is 1. The molecule has 0 aromatic rings. The number of ether oxygens (including phenoxy) is 4. The van der Waals surface area contributed by atoms with Crippen molar-refractivity contribution in [3.8, 4) is 0 Å². The maximum Gasteiger partial charge on any atom is 0.303 e. The Morgan fingerprint density at radius 3 is 1.92 bits per heavy atom. The summed E-state index contributed by atoms with van der Waals surface area (Å²) in [5.41, 5.74) is 0. The lowest BCUT2D eigenvalue weighted by Gasteiger charge is -2.23. The summed E-state index contributed by atoms with van der Waals surface area (Å²) in [6.07, 6.45) is 14.4. The second-order valence-corrected chi connectivity index (χ2v) is 10.0. The van der Waals surface area contributed by atoms with Crippen LogP contribution in [-0.4, -0.2) is 82.6 Å². The van der Waals surface area contributed by atoms with Gasteiger partial charge in [0.1, 0.15) is 26.2 Å². The second kappa shape index (κ2) is 20.9. The van der Waals surface area contributed by atoms with Crippen LogP contribution in [0.15, 0.2) is 0 Å². The monoisotopic (exact) mass is 511 g/mol. The minimum absolute atomic E-state index is 0.0315. The van der Waals surface area contributed by atoms with Crippen molar-refractivity contribution in [3.63, 3.8) is 0 Å². The Balaban J connectivity index is 1.96. The van der Waals surface area contributed by atoms with Crippen molar-refractivity contribution in [2.75, 3.05) is 27.4 Å². The van der Waals surface area contributed by atoms with E-state index in [1.807, 2.05) is 6.92 Å². The lowest BCUT2D eigenvalue weighted by atomic mass is 9.92. The number of rotatable bonds is 23. The smallest absolute Gasteiger partial charge is 0.303 e. The number of nitrogens with one attached hydrogen (secondary N) is 1. The third kappa shape index (κ3) is 15.2. The summed E-state index contributed by atoms with van der Waals surface area (Å²) in [4.78, 5) is 22.7. The van der Waals surface area contributed by atoms with Crippen molar-refractivity contribution in [1.82, 2.24) is 5.32 Å². The summed E-state index contributed by atoms with van der Waals surface area (Å²) >= 11 is 0. The predicted molar refractivity (Wildman–Crippen MR) is 141 cm³/mol. The highest BCUT2D eigenvalue weighted by atomic mass is 16.6. The average Bonchev–Trinajstić information content (AvgIpc) is 3.13. The predicted octanol–water partition coefficient (Wildman–Crippen LogP) is 4.37. The molecule has 208 valence electrons. The van der Waals surface area contributed by atoms with E-state index in [-0.39, 0.29) is 30.3 Å². The highest BCUT2D eigenvalue weighted by Crippen LogP contribution is 2.25. The molecule has 1 fully saturated rings. The van der Waals surface area contributed by atoms with Gasteiger partial charge in [-0.25, -0.2) is 0 Å². The van der Waals surface area contributed by atoms with Crippen molar-refractivity contribution in [1.29, 1.82) is 0 Å². The van der Waals surface area contributed by atoms with Crippen LogP contribution in [0.25, 0.3) is 0 Å². The van der Waals surface area contributed by atoms with E-state index in [1.54, 1.807) is 14.2 Å². The van der Waals surface area contributed by atoms with Crippen LogP contribution >= 0.6 is 0 Å². The minimum Gasteiger partial charge on any atom is -0.481 e. The largest absolute Gasteiger partial charge is 0.481 e. The molecule has 2 radical (unpaired) electrons. The number of methoxy groups -OCH3 is 2. The number of aliphatic carboxylic acids is 1. The van der Waals surface area contributed by atoms with Crippen LogP contribution in [0.4, 0.5) is 0 Å². The average molecular weight is 512 g/mol. The quantitative estimate of drug-likeness (QED) is 0.155. The molecular weight excluding hydrogens is 461 g/mol. The van der Waals surface area contributed by atoms with Gasteiger partial charge in [0, 0.05) is 45.7 Å². The number of carbonyl (C=O) groups is 2. The molecule has 0 spiro atoms. The van der Waals surface area contributed by atoms with Crippen LogP contribution in [0.2, 0.25) is 0 Å². The maximum atomic E-state index is 12.2. The van der Waals surface area contributed by atoms with Crippen LogP contribution in [0, 0.1) is 0 Å². The first kappa shape index (κ1) is 32.9. The van der Waals surface area contributed by atoms with Crippen molar-refractivity contribution < 1.29 is 33.6 Å². The molecule has 1 amide bonds. The van der Waals surface area contributed by atoms with Gasteiger partial charge < -0.3 is 29.4 Å². The lowest BCUT2D eigenvalue weighted by Crippen LogP contribution is -2.39. The number of unbranched alkanes of at least 4 members (excludes halogenated alkanes) is 11. The van der Waals surface area contributed by atoms with Crippen molar-refractivity contribution >= 4 is 19.7 Å². The van der Waals surface area contributed by atoms with E-state index in [0.29, 0.717) is 32.5 Å². The molecule has 0 aromatic carbocycles. The molecule has 1 saturated heterocycles. The SMILES string of the molecule is [B][C@@H]1O[C@H](COC)C(OC)[C@@H]1OCCC(C)NC(=O)CCCCCCCCCCCCCCC(=O)O. The molecule has 1 heterocycles. The second-order valence-electron chi connectivity index (χ2n) is 10.0. The molecule has 2 N–H and O–H groups in total. The standard InChI is InChI=1S/C27H50BNO7/c1-21(18-19-35-26-25(34-3)22(20-33-2)36-27(26)28)29-23(30)16-14-12-10-8-6-4-5-7-9-11-13-15-17-24(31)32/h21-22,25-27H,4-20H2,1-3H3,(H,29,30)(H,31,32)/t21?,22-,25?,26+,27-/m1/s1. The summed E-state index contributed by atoms with van der Waals surface area (Å²) in [6.45, 7) is 2.86. The van der Waals surface area contributed by atoms with Gasteiger partial charge in [-0.2, -0.15) is 0 Å². The number of amides is 1. The van der Waals surface area contributed by atoms with Gasteiger partial charge in [0.2, 0.25) is 5.91 Å². The topological polar surface area (TPSA) is 103 Å². The number of carboxylic acid groups (broad SMARTS) is 1. The summed E-state index contributed by atoms with van der Waals surface area (Å²) < 4.78 is 22.3. The van der Waals surface area contributed by atoms with E-state index >= 15 is 0 Å².